The van der Waals surface area contributed by atoms with Crippen LogP contribution in [-0.4, -0.2) is 23.9 Å². The van der Waals surface area contributed by atoms with Gasteiger partial charge in [-0.1, -0.05) is 26.3 Å². The van der Waals surface area contributed by atoms with E-state index in [-0.39, 0.29) is 5.91 Å². The fourth-order valence-corrected chi connectivity index (χ4v) is 2.51. The zero-order valence-electron chi connectivity index (χ0n) is 11.6. The Kier molecular flexibility index (Phi) is 3.90. The van der Waals surface area contributed by atoms with E-state index >= 15 is 0 Å². The van der Waals surface area contributed by atoms with E-state index in [1.165, 1.54) is 6.42 Å². The van der Waals surface area contributed by atoms with Crippen LogP contribution < -0.4 is 0 Å². The first-order valence-electron chi connectivity index (χ1n) is 6.87. The standard InChI is InChI=1S/C16H20N2O/c1-3-16(2)7-9-18(10-8-16)15(19)14-6-4-5-13(11-14)12-17/h4-6,11H,3,7-10H2,1-2H3. The van der Waals surface area contributed by atoms with E-state index in [1.54, 1.807) is 24.3 Å². The Balaban J connectivity index is 2.07. The summed E-state index contributed by atoms with van der Waals surface area (Å²) in [6.07, 6.45) is 3.29. The molecule has 0 N–H and O–H groups in total. The Morgan fingerprint density at radius 3 is 2.68 bits per heavy atom. The molecule has 1 heterocycles. The highest BCUT2D eigenvalue weighted by molar-refractivity contribution is 5.94. The molecule has 1 fully saturated rings. The number of rotatable bonds is 2. The second-order valence-corrected chi connectivity index (χ2v) is 5.65. The molecular weight excluding hydrogens is 236 g/mol. The summed E-state index contributed by atoms with van der Waals surface area (Å²) in [6.45, 7) is 6.15. The maximum Gasteiger partial charge on any atom is 0.253 e. The minimum Gasteiger partial charge on any atom is -0.339 e. The highest BCUT2D eigenvalue weighted by atomic mass is 16.2. The van der Waals surface area contributed by atoms with Gasteiger partial charge in [-0.2, -0.15) is 5.26 Å². The lowest BCUT2D eigenvalue weighted by molar-refractivity contribution is 0.0600. The first-order valence-corrected chi connectivity index (χ1v) is 6.87. The predicted molar refractivity (Wildman–Crippen MR) is 74.7 cm³/mol. The van der Waals surface area contributed by atoms with Gasteiger partial charge in [-0.25, -0.2) is 0 Å². The predicted octanol–water partition coefficient (Wildman–Crippen LogP) is 3.21. The van der Waals surface area contributed by atoms with E-state index in [0.29, 0.717) is 16.5 Å². The zero-order chi connectivity index (χ0) is 13.9. The van der Waals surface area contributed by atoms with Crippen LogP contribution in [0.25, 0.3) is 0 Å². The fraction of sp³-hybridized carbons (Fsp3) is 0.500. The molecule has 0 aromatic heterocycles. The number of carbonyl (C=O) groups excluding carboxylic acids is 1. The average Bonchev–Trinajstić information content (AvgIpc) is 2.47. The second kappa shape index (κ2) is 5.44. The lowest BCUT2D eigenvalue weighted by atomic mass is 9.78. The first kappa shape index (κ1) is 13.6. The van der Waals surface area contributed by atoms with Crippen LogP contribution >= 0.6 is 0 Å². The Hall–Kier alpha value is -1.82. The number of nitrogens with zero attached hydrogens (tertiary/aromatic N) is 2. The van der Waals surface area contributed by atoms with Gasteiger partial charge in [0.1, 0.15) is 0 Å². The molecule has 100 valence electrons. The summed E-state index contributed by atoms with van der Waals surface area (Å²) in [5.41, 5.74) is 1.55. The number of likely N-dealkylation sites (tertiary alicyclic amines) is 1. The Labute approximate surface area is 114 Å². The van der Waals surface area contributed by atoms with Gasteiger partial charge in [0.25, 0.3) is 5.91 Å². The molecule has 1 aromatic rings. The lowest BCUT2D eigenvalue weighted by Gasteiger charge is -2.39. The van der Waals surface area contributed by atoms with E-state index in [2.05, 4.69) is 19.9 Å². The Morgan fingerprint density at radius 2 is 2.11 bits per heavy atom. The van der Waals surface area contributed by atoms with Crippen molar-refractivity contribution >= 4 is 5.91 Å². The Morgan fingerprint density at radius 1 is 1.42 bits per heavy atom. The van der Waals surface area contributed by atoms with Crippen molar-refractivity contribution in [1.82, 2.24) is 4.90 Å². The minimum absolute atomic E-state index is 0.0512. The van der Waals surface area contributed by atoms with Crippen LogP contribution in [0, 0.1) is 16.7 Å². The molecule has 1 aliphatic rings. The van der Waals surface area contributed by atoms with Gasteiger partial charge < -0.3 is 4.90 Å². The number of nitriles is 1. The summed E-state index contributed by atoms with van der Waals surface area (Å²) in [7, 11) is 0. The van der Waals surface area contributed by atoms with Crippen LogP contribution in [0.3, 0.4) is 0 Å². The quantitative estimate of drug-likeness (QED) is 0.815. The van der Waals surface area contributed by atoms with Crippen LogP contribution in [0.2, 0.25) is 0 Å². The SMILES string of the molecule is CCC1(C)CCN(C(=O)c2cccc(C#N)c2)CC1. The fourth-order valence-electron chi connectivity index (χ4n) is 2.51. The number of hydrogen-bond donors (Lipinski definition) is 0. The van der Waals surface area contributed by atoms with Crippen molar-refractivity contribution in [2.75, 3.05) is 13.1 Å². The van der Waals surface area contributed by atoms with Crippen molar-refractivity contribution in [3.8, 4) is 6.07 Å². The van der Waals surface area contributed by atoms with Gasteiger partial charge in [-0.05, 0) is 36.5 Å². The van der Waals surface area contributed by atoms with Crippen molar-refractivity contribution in [3.63, 3.8) is 0 Å². The van der Waals surface area contributed by atoms with Gasteiger partial charge in [0.15, 0.2) is 0 Å². The van der Waals surface area contributed by atoms with E-state index in [4.69, 9.17) is 5.26 Å². The van der Waals surface area contributed by atoms with E-state index in [0.717, 1.165) is 25.9 Å². The van der Waals surface area contributed by atoms with Crippen LogP contribution in [0.1, 0.15) is 49.0 Å². The van der Waals surface area contributed by atoms with E-state index in [1.807, 2.05) is 4.90 Å². The number of piperidine rings is 1. The smallest absolute Gasteiger partial charge is 0.253 e. The van der Waals surface area contributed by atoms with Gasteiger partial charge in [-0.15, -0.1) is 0 Å². The van der Waals surface area contributed by atoms with Crippen molar-refractivity contribution in [2.45, 2.75) is 33.1 Å². The normalized spacial score (nSPS) is 17.8. The van der Waals surface area contributed by atoms with Crippen molar-refractivity contribution < 1.29 is 4.79 Å². The lowest BCUT2D eigenvalue weighted by Crippen LogP contribution is -2.41. The van der Waals surface area contributed by atoms with Crippen molar-refractivity contribution in [2.24, 2.45) is 5.41 Å². The minimum atomic E-state index is 0.0512. The molecule has 0 spiro atoms. The third-order valence-corrected chi connectivity index (χ3v) is 4.35. The molecule has 0 aliphatic carbocycles. The monoisotopic (exact) mass is 256 g/mol. The first-order chi connectivity index (χ1) is 9.08. The average molecular weight is 256 g/mol. The molecule has 0 bridgehead atoms. The Bertz CT molecular complexity index is 508. The molecule has 0 radical (unpaired) electrons. The van der Waals surface area contributed by atoms with E-state index < -0.39 is 0 Å². The highest BCUT2D eigenvalue weighted by Gasteiger charge is 2.30. The topological polar surface area (TPSA) is 44.1 Å². The van der Waals surface area contributed by atoms with Crippen molar-refractivity contribution in [3.05, 3.63) is 35.4 Å². The molecule has 3 heteroatoms. The van der Waals surface area contributed by atoms with Crippen LogP contribution in [0.4, 0.5) is 0 Å². The number of hydrogen-bond acceptors (Lipinski definition) is 2. The molecule has 1 aromatic carbocycles. The molecule has 1 aliphatic heterocycles. The van der Waals surface area contributed by atoms with Crippen LogP contribution in [0.15, 0.2) is 24.3 Å². The van der Waals surface area contributed by atoms with Gasteiger partial charge in [0.05, 0.1) is 11.6 Å². The third kappa shape index (κ3) is 2.96. The number of benzene rings is 1. The third-order valence-electron chi connectivity index (χ3n) is 4.35. The molecule has 19 heavy (non-hydrogen) atoms. The molecule has 0 saturated carbocycles. The largest absolute Gasteiger partial charge is 0.339 e. The van der Waals surface area contributed by atoms with Gasteiger partial charge in [-0.3, -0.25) is 4.79 Å². The molecular formula is C16H20N2O. The van der Waals surface area contributed by atoms with Gasteiger partial charge in [0.2, 0.25) is 0 Å². The molecule has 2 rings (SSSR count). The molecule has 1 saturated heterocycles. The molecule has 0 atom stereocenters. The zero-order valence-corrected chi connectivity index (χ0v) is 11.6. The number of amides is 1. The molecule has 3 nitrogen and oxygen atoms in total. The summed E-state index contributed by atoms with van der Waals surface area (Å²) >= 11 is 0. The van der Waals surface area contributed by atoms with Gasteiger partial charge >= 0.3 is 0 Å². The maximum atomic E-state index is 12.4. The summed E-state index contributed by atoms with van der Waals surface area (Å²) in [5, 5.41) is 8.88. The summed E-state index contributed by atoms with van der Waals surface area (Å²) in [5.74, 6) is 0.0512. The van der Waals surface area contributed by atoms with Gasteiger partial charge in [0, 0.05) is 18.7 Å². The summed E-state index contributed by atoms with van der Waals surface area (Å²) in [6, 6.07) is 9.03. The number of carbonyl (C=O) groups is 1. The summed E-state index contributed by atoms with van der Waals surface area (Å²) < 4.78 is 0. The van der Waals surface area contributed by atoms with Crippen molar-refractivity contribution in [1.29, 1.82) is 5.26 Å². The van der Waals surface area contributed by atoms with Crippen LogP contribution in [-0.2, 0) is 0 Å². The summed E-state index contributed by atoms with van der Waals surface area (Å²) in [4.78, 5) is 14.3. The highest BCUT2D eigenvalue weighted by Crippen LogP contribution is 2.34. The molecule has 1 amide bonds. The second-order valence-electron chi connectivity index (χ2n) is 5.65. The maximum absolute atomic E-state index is 12.4. The van der Waals surface area contributed by atoms with Crippen LogP contribution in [0.5, 0.6) is 0 Å². The van der Waals surface area contributed by atoms with E-state index in [9.17, 15) is 4.79 Å². The molecule has 0 unspecified atom stereocenters.